The molecule has 0 fully saturated rings. The smallest absolute Gasteiger partial charge is 0.253 e. The summed E-state index contributed by atoms with van der Waals surface area (Å²) in [6.45, 7) is 1.29. The third kappa shape index (κ3) is 2.93. The average molecular weight is 310 g/mol. The van der Waals surface area contributed by atoms with Crippen LogP contribution in [0.2, 0.25) is 0 Å². The van der Waals surface area contributed by atoms with Crippen molar-refractivity contribution >= 4 is 27.7 Å². The zero-order chi connectivity index (χ0) is 16.4. The first-order valence-corrected chi connectivity index (χ1v) is 7.39. The molecule has 3 aromatic rings. The SMILES string of the molecule is CN(C)CCNC(=O)c1cccc2c(=O)c3ccncc3[nH]c12. The molecule has 6 heteroatoms. The molecule has 0 aliphatic heterocycles. The van der Waals surface area contributed by atoms with Gasteiger partial charge in [0.15, 0.2) is 5.43 Å². The minimum atomic E-state index is -0.198. The molecule has 0 saturated carbocycles. The van der Waals surface area contributed by atoms with E-state index in [2.05, 4.69) is 15.3 Å². The molecule has 0 radical (unpaired) electrons. The van der Waals surface area contributed by atoms with Gasteiger partial charge in [0.1, 0.15) is 0 Å². The normalized spacial score (nSPS) is 11.3. The second-order valence-electron chi connectivity index (χ2n) is 5.66. The Bertz CT molecular complexity index is 931. The molecule has 6 nitrogen and oxygen atoms in total. The number of hydrogen-bond acceptors (Lipinski definition) is 4. The molecule has 0 unspecified atom stereocenters. The van der Waals surface area contributed by atoms with Crippen molar-refractivity contribution < 1.29 is 4.79 Å². The summed E-state index contributed by atoms with van der Waals surface area (Å²) in [5.74, 6) is -0.198. The topological polar surface area (TPSA) is 78.1 Å². The lowest BCUT2D eigenvalue weighted by Gasteiger charge is -2.12. The molecular formula is C17H18N4O2. The number of carbonyl (C=O) groups excluding carboxylic acids is 1. The van der Waals surface area contributed by atoms with Crippen molar-refractivity contribution in [3.8, 4) is 0 Å². The fourth-order valence-electron chi connectivity index (χ4n) is 2.53. The van der Waals surface area contributed by atoms with Gasteiger partial charge in [-0.3, -0.25) is 14.6 Å². The van der Waals surface area contributed by atoms with Crippen LogP contribution >= 0.6 is 0 Å². The van der Waals surface area contributed by atoms with Gasteiger partial charge < -0.3 is 15.2 Å². The highest BCUT2D eigenvalue weighted by Crippen LogP contribution is 2.17. The van der Waals surface area contributed by atoms with E-state index >= 15 is 0 Å². The highest BCUT2D eigenvalue weighted by Gasteiger charge is 2.13. The van der Waals surface area contributed by atoms with Gasteiger partial charge in [0, 0.05) is 30.1 Å². The van der Waals surface area contributed by atoms with Gasteiger partial charge in [0.2, 0.25) is 0 Å². The Hall–Kier alpha value is -2.73. The van der Waals surface area contributed by atoms with Crippen LogP contribution in [0.15, 0.2) is 41.5 Å². The number of hydrogen-bond donors (Lipinski definition) is 2. The summed E-state index contributed by atoms with van der Waals surface area (Å²) >= 11 is 0. The van der Waals surface area contributed by atoms with Crippen LogP contribution in [0.25, 0.3) is 21.8 Å². The van der Waals surface area contributed by atoms with E-state index in [1.165, 1.54) is 0 Å². The highest BCUT2D eigenvalue weighted by atomic mass is 16.1. The summed E-state index contributed by atoms with van der Waals surface area (Å²) < 4.78 is 0. The summed E-state index contributed by atoms with van der Waals surface area (Å²) in [4.78, 5) is 34.2. The van der Waals surface area contributed by atoms with E-state index < -0.39 is 0 Å². The van der Waals surface area contributed by atoms with Crippen LogP contribution in [0.1, 0.15) is 10.4 Å². The van der Waals surface area contributed by atoms with Crippen LogP contribution < -0.4 is 10.7 Å². The number of benzene rings is 1. The second-order valence-corrected chi connectivity index (χ2v) is 5.66. The molecule has 0 spiro atoms. The fraction of sp³-hybridized carbons (Fsp3) is 0.235. The molecule has 0 atom stereocenters. The van der Waals surface area contributed by atoms with E-state index in [1.807, 2.05) is 19.0 Å². The standard InChI is InChI=1S/C17H18N4O2/c1-21(2)9-8-19-17(23)13-5-3-4-12-15(13)20-14-10-18-7-6-11(14)16(12)22/h3-7,10H,8-9H2,1-2H3,(H,19,23)(H,20,22). The first-order chi connectivity index (χ1) is 11.1. The number of fused-ring (bicyclic) bond motifs is 2. The van der Waals surface area contributed by atoms with E-state index in [1.54, 1.807) is 36.7 Å². The Morgan fingerprint density at radius 2 is 2.09 bits per heavy atom. The number of nitrogens with zero attached hydrogens (tertiary/aromatic N) is 2. The quantitative estimate of drug-likeness (QED) is 0.713. The van der Waals surface area contributed by atoms with Crippen molar-refractivity contribution in [1.82, 2.24) is 20.2 Å². The van der Waals surface area contributed by atoms with Crippen LogP contribution in [-0.2, 0) is 0 Å². The van der Waals surface area contributed by atoms with Gasteiger partial charge in [0.05, 0.1) is 22.8 Å². The lowest BCUT2D eigenvalue weighted by atomic mass is 10.1. The molecule has 2 aromatic heterocycles. The maximum absolute atomic E-state index is 12.6. The Morgan fingerprint density at radius 3 is 2.87 bits per heavy atom. The van der Waals surface area contributed by atoms with Gasteiger partial charge in [-0.15, -0.1) is 0 Å². The van der Waals surface area contributed by atoms with Crippen molar-refractivity contribution in [2.75, 3.05) is 27.2 Å². The van der Waals surface area contributed by atoms with E-state index in [0.717, 1.165) is 6.54 Å². The van der Waals surface area contributed by atoms with Gasteiger partial charge >= 0.3 is 0 Å². The summed E-state index contributed by atoms with van der Waals surface area (Å²) in [6.07, 6.45) is 3.18. The number of H-pyrrole nitrogens is 1. The number of likely N-dealkylation sites (N-methyl/N-ethyl adjacent to an activating group) is 1. The van der Waals surface area contributed by atoms with Crippen molar-refractivity contribution in [2.45, 2.75) is 0 Å². The van der Waals surface area contributed by atoms with Gasteiger partial charge in [0.25, 0.3) is 5.91 Å². The van der Waals surface area contributed by atoms with Gasteiger partial charge in [-0.05, 0) is 32.3 Å². The molecule has 0 aliphatic rings. The number of pyridine rings is 2. The average Bonchev–Trinajstić information content (AvgIpc) is 2.54. The van der Waals surface area contributed by atoms with Crippen LogP contribution in [0.3, 0.4) is 0 Å². The molecule has 118 valence electrons. The highest BCUT2D eigenvalue weighted by molar-refractivity contribution is 6.07. The monoisotopic (exact) mass is 310 g/mol. The van der Waals surface area contributed by atoms with Gasteiger partial charge in [-0.2, -0.15) is 0 Å². The Morgan fingerprint density at radius 1 is 1.26 bits per heavy atom. The predicted molar refractivity (Wildman–Crippen MR) is 90.8 cm³/mol. The minimum absolute atomic E-state index is 0.0981. The third-order valence-corrected chi connectivity index (χ3v) is 3.72. The van der Waals surface area contributed by atoms with E-state index in [9.17, 15) is 9.59 Å². The lowest BCUT2D eigenvalue weighted by molar-refractivity contribution is 0.0952. The molecule has 3 rings (SSSR count). The molecule has 1 aromatic carbocycles. The predicted octanol–water partition coefficient (Wildman–Crippen LogP) is 1.37. The Balaban J connectivity index is 2.08. The van der Waals surface area contributed by atoms with Crippen LogP contribution in [0.5, 0.6) is 0 Å². The number of rotatable bonds is 4. The largest absolute Gasteiger partial charge is 0.352 e. The molecular weight excluding hydrogens is 292 g/mol. The van der Waals surface area contributed by atoms with E-state index in [0.29, 0.717) is 33.9 Å². The molecule has 0 bridgehead atoms. The Labute approximate surface area is 133 Å². The summed E-state index contributed by atoms with van der Waals surface area (Å²) in [7, 11) is 3.89. The summed E-state index contributed by atoms with van der Waals surface area (Å²) in [6, 6.07) is 6.85. The van der Waals surface area contributed by atoms with Gasteiger partial charge in [-0.1, -0.05) is 6.07 Å². The number of carbonyl (C=O) groups is 1. The van der Waals surface area contributed by atoms with Crippen LogP contribution in [-0.4, -0.2) is 48.0 Å². The van der Waals surface area contributed by atoms with Crippen molar-refractivity contribution in [3.05, 3.63) is 52.4 Å². The number of nitrogens with one attached hydrogen (secondary N) is 2. The first-order valence-electron chi connectivity index (χ1n) is 7.39. The third-order valence-electron chi connectivity index (χ3n) is 3.72. The number of aromatic nitrogens is 2. The number of para-hydroxylation sites is 1. The maximum Gasteiger partial charge on any atom is 0.253 e. The zero-order valence-electron chi connectivity index (χ0n) is 13.1. The van der Waals surface area contributed by atoms with E-state index in [4.69, 9.17) is 0 Å². The molecule has 0 saturated heterocycles. The first kappa shape index (κ1) is 15.2. The molecule has 23 heavy (non-hydrogen) atoms. The lowest BCUT2D eigenvalue weighted by Crippen LogP contribution is -2.31. The maximum atomic E-state index is 12.6. The number of amides is 1. The van der Waals surface area contributed by atoms with Crippen molar-refractivity contribution in [1.29, 1.82) is 0 Å². The zero-order valence-corrected chi connectivity index (χ0v) is 13.1. The number of aromatic amines is 1. The van der Waals surface area contributed by atoms with Crippen molar-refractivity contribution in [3.63, 3.8) is 0 Å². The minimum Gasteiger partial charge on any atom is -0.352 e. The molecule has 2 N–H and O–H groups in total. The summed E-state index contributed by atoms with van der Waals surface area (Å²) in [5.41, 5.74) is 1.53. The van der Waals surface area contributed by atoms with E-state index in [-0.39, 0.29) is 11.3 Å². The molecule has 2 heterocycles. The summed E-state index contributed by atoms with van der Waals surface area (Å²) in [5, 5.41) is 3.94. The van der Waals surface area contributed by atoms with Crippen LogP contribution in [0.4, 0.5) is 0 Å². The van der Waals surface area contributed by atoms with Gasteiger partial charge in [-0.25, -0.2) is 0 Å². The van der Waals surface area contributed by atoms with Crippen LogP contribution in [0, 0.1) is 0 Å². The second kappa shape index (κ2) is 6.18. The Kier molecular flexibility index (Phi) is 4.08. The molecule has 1 amide bonds. The van der Waals surface area contributed by atoms with Crippen molar-refractivity contribution in [2.24, 2.45) is 0 Å². The fourth-order valence-corrected chi connectivity index (χ4v) is 2.53. The molecule has 0 aliphatic carbocycles.